The first kappa shape index (κ1) is 27.3. The summed E-state index contributed by atoms with van der Waals surface area (Å²) in [6, 6.07) is 4.93. The largest absolute Gasteiger partial charge is 0.493 e. The van der Waals surface area contributed by atoms with Crippen LogP contribution in [0.2, 0.25) is 0 Å². The molecule has 5 unspecified atom stereocenters. The Morgan fingerprint density at radius 2 is 1.76 bits per heavy atom. The Bertz CT molecular complexity index is 722. The molecule has 1 aliphatic rings. The molecule has 188 valence electrons. The van der Waals surface area contributed by atoms with Crippen molar-refractivity contribution in [3.8, 4) is 11.5 Å². The predicted octanol–water partition coefficient (Wildman–Crippen LogP) is 1.91. The number of carbonyl (C=O) groups is 1. The molecule has 5 atom stereocenters. The van der Waals surface area contributed by atoms with Gasteiger partial charge in [-0.15, -0.1) is 0 Å². The van der Waals surface area contributed by atoms with Crippen molar-refractivity contribution < 1.29 is 44.2 Å². The molecule has 1 fully saturated rings. The summed E-state index contributed by atoms with van der Waals surface area (Å²) >= 11 is 0. The number of hydrogen-bond acceptors (Lipinski definition) is 9. The molecule has 1 aromatic rings. The molecule has 0 bridgehead atoms. The first-order valence-electron chi connectivity index (χ1n) is 11.6. The average molecular weight is 471 g/mol. The van der Waals surface area contributed by atoms with Gasteiger partial charge in [-0.25, -0.2) is 0 Å². The highest BCUT2D eigenvalue weighted by molar-refractivity contribution is 5.69. The number of hydrogen-bond donors (Lipinski definition) is 4. The molecule has 1 aromatic carbocycles. The van der Waals surface area contributed by atoms with E-state index in [-0.39, 0.29) is 18.3 Å². The van der Waals surface area contributed by atoms with E-state index in [1.54, 1.807) is 18.2 Å². The SMILES string of the molecule is COc1ccc(COC(=O)CCCCCCC(C)C)cc1OC1OC(CO)C(O)C(O)C1O. The first-order chi connectivity index (χ1) is 15.8. The highest BCUT2D eigenvalue weighted by Gasteiger charge is 2.45. The molecule has 0 saturated carbocycles. The molecule has 1 heterocycles. The van der Waals surface area contributed by atoms with Crippen LogP contribution in [-0.4, -0.2) is 70.8 Å². The number of esters is 1. The van der Waals surface area contributed by atoms with E-state index in [1.165, 1.54) is 20.0 Å². The van der Waals surface area contributed by atoms with Crippen molar-refractivity contribution in [1.82, 2.24) is 0 Å². The fourth-order valence-electron chi connectivity index (χ4n) is 3.60. The van der Waals surface area contributed by atoms with Gasteiger partial charge in [0.25, 0.3) is 0 Å². The van der Waals surface area contributed by atoms with E-state index in [0.29, 0.717) is 23.7 Å². The minimum Gasteiger partial charge on any atom is -0.493 e. The summed E-state index contributed by atoms with van der Waals surface area (Å²) in [5, 5.41) is 39.4. The van der Waals surface area contributed by atoms with Crippen LogP contribution in [0.5, 0.6) is 11.5 Å². The zero-order valence-corrected chi connectivity index (χ0v) is 19.7. The fraction of sp³-hybridized carbons (Fsp3) is 0.708. The van der Waals surface area contributed by atoms with Crippen molar-refractivity contribution in [2.24, 2.45) is 5.92 Å². The van der Waals surface area contributed by atoms with Gasteiger partial charge in [0.05, 0.1) is 13.7 Å². The van der Waals surface area contributed by atoms with Crippen LogP contribution in [0.15, 0.2) is 18.2 Å². The van der Waals surface area contributed by atoms with Crippen molar-refractivity contribution in [3.63, 3.8) is 0 Å². The molecule has 0 amide bonds. The topological polar surface area (TPSA) is 135 Å². The quantitative estimate of drug-likeness (QED) is 0.252. The van der Waals surface area contributed by atoms with Gasteiger partial charge in [-0.05, 0) is 30.0 Å². The highest BCUT2D eigenvalue weighted by Crippen LogP contribution is 2.32. The highest BCUT2D eigenvalue weighted by atomic mass is 16.7. The van der Waals surface area contributed by atoms with Gasteiger partial charge in [0, 0.05) is 6.42 Å². The van der Waals surface area contributed by atoms with E-state index in [0.717, 1.165) is 19.3 Å². The molecular weight excluding hydrogens is 432 g/mol. The number of aliphatic hydroxyl groups excluding tert-OH is 4. The summed E-state index contributed by atoms with van der Waals surface area (Å²) in [7, 11) is 1.44. The summed E-state index contributed by atoms with van der Waals surface area (Å²) in [5.74, 6) is 0.962. The van der Waals surface area contributed by atoms with Crippen molar-refractivity contribution in [1.29, 1.82) is 0 Å². The van der Waals surface area contributed by atoms with Crippen molar-refractivity contribution in [2.45, 2.75) is 89.7 Å². The molecule has 1 saturated heterocycles. The molecule has 0 radical (unpaired) electrons. The van der Waals surface area contributed by atoms with Crippen LogP contribution in [0.1, 0.15) is 57.9 Å². The number of benzene rings is 1. The van der Waals surface area contributed by atoms with E-state index in [2.05, 4.69) is 13.8 Å². The zero-order valence-electron chi connectivity index (χ0n) is 19.7. The third-order valence-electron chi connectivity index (χ3n) is 5.63. The van der Waals surface area contributed by atoms with Gasteiger partial charge in [-0.3, -0.25) is 4.79 Å². The Balaban J connectivity index is 1.89. The molecule has 33 heavy (non-hydrogen) atoms. The minimum atomic E-state index is -1.55. The maximum absolute atomic E-state index is 12.1. The van der Waals surface area contributed by atoms with Crippen molar-refractivity contribution in [2.75, 3.05) is 13.7 Å². The summed E-state index contributed by atoms with van der Waals surface area (Å²) in [5.41, 5.74) is 0.640. The van der Waals surface area contributed by atoms with Gasteiger partial charge in [0.2, 0.25) is 6.29 Å². The third-order valence-corrected chi connectivity index (χ3v) is 5.63. The number of ether oxygens (including phenoxy) is 4. The van der Waals surface area contributed by atoms with Crippen LogP contribution >= 0.6 is 0 Å². The molecular formula is C24H38O9. The summed E-state index contributed by atoms with van der Waals surface area (Å²) < 4.78 is 21.7. The lowest BCUT2D eigenvalue weighted by atomic mass is 9.99. The van der Waals surface area contributed by atoms with Crippen LogP contribution in [0, 0.1) is 5.92 Å². The normalized spacial score (nSPS) is 25.2. The summed E-state index contributed by atoms with van der Waals surface area (Å²) in [4.78, 5) is 12.1. The minimum absolute atomic E-state index is 0.0429. The summed E-state index contributed by atoms with van der Waals surface area (Å²) in [6.45, 7) is 3.89. The fourth-order valence-corrected chi connectivity index (χ4v) is 3.60. The summed E-state index contributed by atoms with van der Waals surface area (Å²) in [6.07, 6.45) is -1.35. The number of unbranched alkanes of at least 4 members (excludes halogenated alkanes) is 3. The lowest BCUT2D eigenvalue weighted by Crippen LogP contribution is -2.60. The lowest BCUT2D eigenvalue weighted by Gasteiger charge is -2.39. The van der Waals surface area contributed by atoms with Gasteiger partial charge in [0.15, 0.2) is 11.5 Å². The van der Waals surface area contributed by atoms with Crippen LogP contribution in [0.3, 0.4) is 0 Å². The van der Waals surface area contributed by atoms with Crippen molar-refractivity contribution in [3.05, 3.63) is 23.8 Å². The second kappa shape index (κ2) is 13.7. The van der Waals surface area contributed by atoms with E-state index < -0.39 is 37.3 Å². The Labute approximate surface area is 195 Å². The Kier molecular flexibility index (Phi) is 11.4. The van der Waals surface area contributed by atoms with Crippen LogP contribution < -0.4 is 9.47 Å². The molecule has 9 heteroatoms. The smallest absolute Gasteiger partial charge is 0.306 e. The maximum Gasteiger partial charge on any atom is 0.306 e. The van der Waals surface area contributed by atoms with Gasteiger partial charge in [0.1, 0.15) is 31.0 Å². The molecule has 9 nitrogen and oxygen atoms in total. The molecule has 0 aromatic heterocycles. The molecule has 2 rings (SSSR count). The lowest BCUT2D eigenvalue weighted by molar-refractivity contribution is -0.277. The van der Waals surface area contributed by atoms with Gasteiger partial charge < -0.3 is 39.4 Å². The van der Waals surface area contributed by atoms with E-state index >= 15 is 0 Å². The monoisotopic (exact) mass is 470 g/mol. The van der Waals surface area contributed by atoms with E-state index in [9.17, 15) is 25.2 Å². The van der Waals surface area contributed by atoms with Gasteiger partial charge >= 0.3 is 5.97 Å². The van der Waals surface area contributed by atoms with Crippen LogP contribution in [-0.2, 0) is 20.9 Å². The second-order valence-corrected chi connectivity index (χ2v) is 8.81. The molecule has 1 aliphatic heterocycles. The molecule has 0 spiro atoms. The molecule has 0 aliphatic carbocycles. The zero-order chi connectivity index (χ0) is 24.4. The van der Waals surface area contributed by atoms with Crippen LogP contribution in [0.25, 0.3) is 0 Å². The number of methoxy groups -OCH3 is 1. The maximum atomic E-state index is 12.1. The third kappa shape index (κ3) is 8.42. The Morgan fingerprint density at radius 1 is 1.03 bits per heavy atom. The average Bonchev–Trinajstić information content (AvgIpc) is 2.80. The van der Waals surface area contributed by atoms with Crippen molar-refractivity contribution >= 4 is 5.97 Å². The van der Waals surface area contributed by atoms with Crippen LogP contribution in [0.4, 0.5) is 0 Å². The number of rotatable bonds is 13. The standard InChI is InChI=1S/C24H38O9/c1-15(2)8-6-4-5-7-9-20(26)31-14-16-10-11-17(30-3)18(12-16)32-24-23(29)22(28)21(27)19(13-25)33-24/h10-12,15,19,21-25,27-29H,4-9,13-14H2,1-3H3. The van der Waals surface area contributed by atoms with Gasteiger partial charge in [-0.1, -0.05) is 45.6 Å². The molecule has 4 N–H and O–H groups in total. The Morgan fingerprint density at radius 3 is 2.42 bits per heavy atom. The number of aliphatic hydroxyl groups is 4. The number of carbonyl (C=O) groups excluding carboxylic acids is 1. The predicted molar refractivity (Wildman–Crippen MR) is 120 cm³/mol. The van der Waals surface area contributed by atoms with Gasteiger partial charge in [-0.2, -0.15) is 0 Å². The van der Waals surface area contributed by atoms with E-state index in [1.807, 2.05) is 0 Å². The van der Waals surface area contributed by atoms with E-state index in [4.69, 9.17) is 18.9 Å². The first-order valence-corrected chi connectivity index (χ1v) is 11.6. The Hall–Kier alpha value is -1.91. The second-order valence-electron chi connectivity index (χ2n) is 8.81.